The Hall–Kier alpha value is 0.660. The number of phosphoric ester groups is 1. The van der Waals surface area contributed by atoms with Crippen LogP contribution in [0.25, 0.3) is 0 Å². The molecule has 0 spiro atoms. The van der Waals surface area contributed by atoms with Crippen molar-refractivity contribution in [1.29, 1.82) is 0 Å². The summed E-state index contributed by atoms with van der Waals surface area (Å²) in [6, 6.07) is 0. The standard InChI is InChI=1S/C18H29IN3O14P3S4/c1-18(2,3)42-40-11-32-13-7-15(22-8-12(16(20)21-17(22)23)5-4-6-31-10-41-43-19)34-14(13)9-33-38(27,28)36-39(29,30)35-37(24,25)26/h8,13-15H,6-7,9-11H2,1-3H3,(H,27,28)(H,29,30)(H2,20,21,23)(H2,24,25,26)/t13-,14-,15-/m1/s1. The monoisotopic (exact) mass is 859 g/mol. The molecule has 0 bridgehead atoms. The first-order valence-corrected chi connectivity index (χ1v) is 23.2. The molecule has 0 aromatic carbocycles. The van der Waals surface area contributed by atoms with Crippen LogP contribution in [0.3, 0.4) is 0 Å². The number of anilines is 1. The highest BCUT2D eigenvalue weighted by atomic mass is 127. The summed E-state index contributed by atoms with van der Waals surface area (Å²) < 4.78 is 65.1. The SMILES string of the molecule is CC(C)(C)SSCO[C@@H]1C[C@H](n2cc(C#CCOCSSI)c(N)nc2=O)O[C@@H]1COP(=O)(O)OP(=O)(O)OP(=O)(O)O. The topological polar surface area (TPSA) is 248 Å². The van der Waals surface area contributed by atoms with Crippen molar-refractivity contribution in [3.63, 3.8) is 0 Å². The van der Waals surface area contributed by atoms with Crippen LogP contribution in [0.1, 0.15) is 39.0 Å². The predicted molar refractivity (Wildman–Crippen MR) is 173 cm³/mol. The van der Waals surface area contributed by atoms with Gasteiger partial charge in [-0.3, -0.25) is 9.09 Å². The summed E-state index contributed by atoms with van der Waals surface area (Å²) in [5.74, 6) is 6.00. The molecule has 0 aliphatic carbocycles. The van der Waals surface area contributed by atoms with Crippen molar-refractivity contribution in [2.45, 2.75) is 50.4 Å². The Morgan fingerprint density at radius 3 is 2.49 bits per heavy atom. The summed E-state index contributed by atoms with van der Waals surface area (Å²) >= 11 is 2.11. The summed E-state index contributed by atoms with van der Waals surface area (Å²) in [4.78, 5) is 53.1. The number of phosphoric acid groups is 3. The number of rotatable bonds is 16. The van der Waals surface area contributed by atoms with Gasteiger partial charge < -0.3 is 39.5 Å². The van der Waals surface area contributed by atoms with Crippen molar-refractivity contribution < 1.29 is 60.6 Å². The normalized spacial score (nSPS) is 22.0. The first-order chi connectivity index (χ1) is 19.8. The summed E-state index contributed by atoms with van der Waals surface area (Å²) in [6.07, 6.45) is -1.60. The maximum absolute atomic E-state index is 12.7. The van der Waals surface area contributed by atoms with E-state index < -0.39 is 54.2 Å². The van der Waals surface area contributed by atoms with Crippen molar-refractivity contribution in [2.24, 2.45) is 0 Å². The van der Waals surface area contributed by atoms with E-state index in [0.29, 0.717) is 5.94 Å². The molecule has 1 aromatic heterocycles. The Kier molecular flexibility index (Phi) is 16.4. The first kappa shape index (κ1) is 39.8. The highest BCUT2D eigenvalue weighted by Gasteiger charge is 2.43. The van der Waals surface area contributed by atoms with Crippen molar-refractivity contribution >= 4 is 90.8 Å². The largest absolute Gasteiger partial charge is 0.490 e. The van der Waals surface area contributed by atoms with E-state index in [4.69, 9.17) is 34.3 Å². The Labute approximate surface area is 274 Å². The third-order valence-corrected chi connectivity index (χ3v) is 14.5. The van der Waals surface area contributed by atoms with Crippen molar-refractivity contribution in [3.8, 4) is 11.8 Å². The summed E-state index contributed by atoms with van der Waals surface area (Å²) in [7, 11) is -10.8. The van der Waals surface area contributed by atoms with Crippen LogP contribution in [-0.2, 0) is 41.1 Å². The van der Waals surface area contributed by atoms with Crippen molar-refractivity contribution in [2.75, 3.05) is 30.8 Å². The molecule has 246 valence electrons. The number of nitrogen functional groups attached to an aromatic ring is 1. The lowest BCUT2D eigenvalue weighted by Gasteiger charge is -2.22. The molecule has 0 amide bonds. The van der Waals surface area contributed by atoms with Crippen LogP contribution in [0.5, 0.6) is 0 Å². The molecule has 1 saturated heterocycles. The summed E-state index contributed by atoms with van der Waals surface area (Å²) in [6.45, 7) is 5.34. The average molecular weight is 860 g/mol. The minimum atomic E-state index is -5.71. The number of hydrogen-bond acceptors (Lipinski definition) is 16. The molecule has 2 heterocycles. The van der Waals surface area contributed by atoms with Crippen LogP contribution in [0.4, 0.5) is 5.82 Å². The Bertz CT molecular complexity index is 1350. The van der Waals surface area contributed by atoms with Gasteiger partial charge in [0.05, 0.1) is 18.3 Å². The van der Waals surface area contributed by atoms with Crippen LogP contribution < -0.4 is 11.4 Å². The van der Waals surface area contributed by atoms with E-state index >= 15 is 0 Å². The van der Waals surface area contributed by atoms with Gasteiger partial charge in [-0.2, -0.15) is 13.6 Å². The van der Waals surface area contributed by atoms with Crippen LogP contribution in [0, 0.1) is 11.8 Å². The Morgan fingerprint density at radius 2 is 1.86 bits per heavy atom. The number of hydrogen-bond donors (Lipinski definition) is 5. The molecule has 0 radical (unpaired) electrons. The van der Waals surface area contributed by atoms with Gasteiger partial charge in [0.15, 0.2) is 0 Å². The highest BCUT2D eigenvalue weighted by molar-refractivity contribution is 14.2. The zero-order valence-electron chi connectivity index (χ0n) is 22.5. The van der Waals surface area contributed by atoms with Gasteiger partial charge in [-0.25, -0.2) is 18.5 Å². The van der Waals surface area contributed by atoms with E-state index in [1.54, 1.807) is 0 Å². The fourth-order valence-electron chi connectivity index (χ4n) is 3.04. The van der Waals surface area contributed by atoms with Gasteiger partial charge >= 0.3 is 29.2 Å². The average Bonchev–Trinajstić information content (AvgIpc) is 3.23. The second kappa shape index (κ2) is 17.7. The van der Waals surface area contributed by atoms with E-state index in [2.05, 4.69) is 46.7 Å². The molecule has 1 aliphatic rings. The number of aromatic nitrogens is 2. The second-order valence-electron chi connectivity index (χ2n) is 9.07. The lowest BCUT2D eigenvalue weighted by molar-refractivity contribution is -0.0543. The lowest BCUT2D eigenvalue weighted by Crippen LogP contribution is -2.29. The molecule has 6 N–H and O–H groups in total. The summed E-state index contributed by atoms with van der Waals surface area (Å²) in [5, 5.41) is 0. The van der Waals surface area contributed by atoms with Gasteiger partial charge in [0.1, 0.15) is 36.6 Å². The minimum absolute atomic E-state index is 0.0395. The van der Waals surface area contributed by atoms with Gasteiger partial charge in [-0.05, 0) is 7.97 Å². The molecule has 17 nitrogen and oxygen atoms in total. The van der Waals surface area contributed by atoms with E-state index in [-0.39, 0.29) is 35.1 Å². The van der Waals surface area contributed by atoms with Crippen LogP contribution in [-0.4, -0.2) is 71.2 Å². The zero-order chi connectivity index (χ0) is 32.5. The molecule has 0 saturated carbocycles. The van der Waals surface area contributed by atoms with Gasteiger partial charge in [-0.1, -0.05) is 65.0 Å². The van der Waals surface area contributed by atoms with E-state index in [9.17, 15) is 28.3 Å². The van der Waals surface area contributed by atoms with Crippen LogP contribution in [0.2, 0.25) is 0 Å². The molecular formula is C18H29IN3O14P3S4. The highest BCUT2D eigenvalue weighted by Crippen LogP contribution is 2.66. The van der Waals surface area contributed by atoms with Crippen LogP contribution >= 0.6 is 85.0 Å². The minimum Gasteiger partial charge on any atom is -0.382 e. The molecule has 1 aliphatic heterocycles. The van der Waals surface area contributed by atoms with Crippen molar-refractivity contribution in [3.05, 3.63) is 22.2 Å². The Morgan fingerprint density at radius 1 is 1.16 bits per heavy atom. The number of ether oxygens (including phenoxy) is 3. The zero-order valence-corrected chi connectivity index (χ0v) is 30.6. The first-order valence-electron chi connectivity index (χ1n) is 11.5. The van der Waals surface area contributed by atoms with Crippen molar-refractivity contribution in [1.82, 2.24) is 9.55 Å². The molecule has 5 atom stereocenters. The predicted octanol–water partition coefficient (Wildman–Crippen LogP) is 4.04. The third-order valence-electron chi connectivity index (χ3n) is 4.50. The summed E-state index contributed by atoms with van der Waals surface area (Å²) in [5.41, 5.74) is 5.31. The van der Waals surface area contributed by atoms with E-state index in [0.717, 1.165) is 4.57 Å². The molecule has 1 aromatic rings. The molecular weight excluding hydrogens is 830 g/mol. The molecule has 2 unspecified atom stereocenters. The fraction of sp³-hybridized carbons (Fsp3) is 0.667. The van der Waals surface area contributed by atoms with E-state index in [1.165, 1.54) is 46.5 Å². The Balaban J connectivity index is 2.20. The third kappa shape index (κ3) is 15.9. The second-order valence-corrected chi connectivity index (χ2v) is 21.5. The van der Waals surface area contributed by atoms with Gasteiger partial charge in [0.2, 0.25) is 0 Å². The molecule has 2 rings (SSSR count). The molecule has 43 heavy (non-hydrogen) atoms. The smallest absolute Gasteiger partial charge is 0.382 e. The lowest BCUT2D eigenvalue weighted by atomic mass is 10.2. The fourth-order valence-corrected chi connectivity index (χ4v) is 9.51. The molecule has 1 fully saturated rings. The maximum atomic E-state index is 12.7. The number of nitrogens with zero attached hydrogens (tertiary/aromatic N) is 2. The van der Waals surface area contributed by atoms with Gasteiger partial charge in [0, 0.05) is 38.6 Å². The number of halogens is 1. The maximum Gasteiger partial charge on any atom is 0.490 e. The van der Waals surface area contributed by atoms with Crippen LogP contribution in [0.15, 0.2) is 11.0 Å². The quantitative estimate of drug-likeness (QED) is 0.0393. The van der Waals surface area contributed by atoms with Gasteiger partial charge in [0.25, 0.3) is 0 Å². The van der Waals surface area contributed by atoms with Gasteiger partial charge in [-0.15, -0.1) is 0 Å². The molecule has 25 heteroatoms. The van der Waals surface area contributed by atoms with E-state index in [1.807, 2.05) is 20.8 Å². The number of nitrogens with two attached hydrogens (primary N) is 1.